The smallest absolute Gasteiger partial charge is 0.216 e. The van der Waals surface area contributed by atoms with Gasteiger partial charge < -0.3 is 5.32 Å². The second-order valence-electron chi connectivity index (χ2n) is 5.73. The number of ketones is 1. The third-order valence-electron chi connectivity index (χ3n) is 3.95. The van der Waals surface area contributed by atoms with Gasteiger partial charge in [0.25, 0.3) is 0 Å². The van der Waals surface area contributed by atoms with Crippen LogP contribution in [0.2, 0.25) is 0 Å². The number of benzene rings is 2. The highest BCUT2D eigenvalue weighted by Gasteiger charge is 2.30. The van der Waals surface area contributed by atoms with E-state index < -0.39 is 0 Å². The van der Waals surface area contributed by atoms with Gasteiger partial charge in [0.15, 0.2) is 5.78 Å². The van der Waals surface area contributed by atoms with Gasteiger partial charge in [-0.25, -0.2) is 0 Å². The number of hydrogen-bond donors (Lipinski definition) is 1. The van der Waals surface area contributed by atoms with Crippen LogP contribution in [0.1, 0.15) is 35.7 Å². The van der Waals surface area contributed by atoms with Crippen LogP contribution in [0.5, 0.6) is 0 Å². The molecule has 1 fully saturated rings. The van der Waals surface area contributed by atoms with Crippen LogP contribution in [0.25, 0.3) is 10.8 Å². The number of carbonyl (C=O) groups excluding carboxylic acids is 2. The van der Waals surface area contributed by atoms with Crippen molar-refractivity contribution >= 4 is 22.5 Å². The quantitative estimate of drug-likeness (QED) is 0.856. The molecule has 1 aliphatic carbocycles. The van der Waals surface area contributed by atoms with E-state index >= 15 is 0 Å². The van der Waals surface area contributed by atoms with E-state index in [1.807, 2.05) is 30.3 Å². The summed E-state index contributed by atoms with van der Waals surface area (Å²) in [6.07, 6.45) is 2.78. The van der Waals surface area contributed by atoms with Crippen LogP contribution in [0, 0.1) is 5.92 Å². The van der Waals surface area contributed by atoms with Crippen molar-refractivity contribution < 1.29 is 9.59 Å². The zero-order valence-corrected chi connectivity index (χ0v) is 12.2. The standard InChI is InChI=1S/C18H19NO2/c1-12(20)19-9-8-15-11-16(18(21)13-6-7-13)10-14-4-2-3-5-17(14)15/h2-5,10-11,13H,6-9H2,1H3,(H,19,20). The Morgan fingerprint density at radius 3 is 2.67 bits per heavy atom. The minimum Gasteiger partial charge on any atom is -0.356 e. The second-order valence-corrected chi connectivity index (χ2v) is 5.73. The lowest BCUT2D eigenvalue weighted by molar-refractivity contribution is -0.118. The molecule has 1 amide bonds. The van der Waals surface area contributed by atoms with Gasteiger partial charge >= 0.3 is 0 Å². The molecular weight excluding hydrogens is 262 g/mol. The van der Waals surface area contributed by atoms with Crippen molar-refractivity contribution in [1.82, 2.24) is 5.32 Å². The molecule has 2 aromatic rings. The molecule has 0 heterocycles. The number of amides is 1. The number of Topliss-reactive ketones (excluding diaryl/α,β-unsaturated/α-hetero) is 1. The summed E-state index contributed by atoms with van der Waals surface area (Å²) in [6.45, 7) is 2.12. The maximum Gasteiger partial charge on any atom is 0.216 e. The molecule has 0 unspecified atom stereocenters. The fraction of sp³-hybridized carbons (Fsp3) is 0.333. The van der Waals surface area contributed by atoms with Crippen molar-refractivity contribution in [3.05, 3.63) is 47.5 Å². The van der Waals surface area contributed by atoms with Gasteiger partial charge in [-0.15, -0.1) is 0 Å². The lowest BCUT2D eigenvalue weighted by atomic mass is 9.96. The van der Waals surface area contributed by atoms with Gasteiger partial charge in [-0.2, -0.15) is 0 Å². The van der Waals surface area contributed by atoms with Gasteiger partial charge in [0.2, 0.25) is 5.91 Å². The van der Waals surface area contributed by atoms with Crippen molar-refractivity contribution in [2.24, 2.45) is 5.92 Å². The monoisotopic (exact) mass is 281 g/mol. The van der Waals surface area contributed by atoms with Gasteiger partial charge in [-0.05, 0) is 47.7 Å². The molecule has 0 saturated heterocycles. The van der Waals surface area contributed by atoms with Gasteiger partial charge in [-0.1, -0.05) is 24.3 Å². The molecule has 3 nitrogen and oxygen atoms in total. The molecular formula is C18H19NO2. The molecule has 21 heavy (non-hydrogen) atoms. The number of hydrogen-bond acceptors (Lipinski definition) is 2. The normalized spacial score (nSPS) is 14.1. The lowest BCUT2D eigenvalue weighted by Crippen LogP contribution is -2.22. The first kappa shape index (κ1) is 13.8. The lowest BCUT2D eigenvalue weighted by Gasteiger charge is -2.10. The Balaban J connectivity index is 1.94. The van der Waals surface area contributed by atoms with Crippen molar-refractivity contribution in [3.8, 4) is 0 Å². The number of rotatable bonds is 5. The summed E-state index contributed by atoms with van der Waals surface area (Å²) in [5.41, 5.74) is 1.94. The fourth-order valence-corrected chi connectivity index (χ4v) is 2.69. The molecule has 0 bridgehead atoms. The predicted molar refractivity (Wildman–Crippen MR) is 83.4 cm³/mol. The van der Waals surface area contributed by atoms with Crippen molar-refractivity contribution in [3.63, 3.8) is 0 Å². The van der Waals surface area contributed by atoms with E-state index in [9.17, 15) is 9.59 Å². The first-order chi connectivity index (χ1) is 10.1. The Kier molecular flexibility index (Phi) is 3.74. The van der Waals surface area contributed by atoms with Crippen LogP contribution in [0.15, 0.2) is 36.4 Å². The van der Waals surface area contributed by atoms with Crippen LogP contribution in [0.4, 0.5) is 0 Å². The predicted octanol–water partition coefficient (Wildman–Crippen LogP) is 3.11. The van der Waals surface area contributed by atoms with Crippen molar-refractivity contribution in [2.45, 2.75) is 26.2 Å². The molecule has 1 N–H and O–H groups in total. The summed E-state index contributed by atoms with van der Waals surface area (Å²) in [5, 5.41) is 5.08. The van der Waals surface area contributed by atoms with Crippen LogP contribution < -0.4 is 5.32 Å². The molecule has 2 aromatic carbocycles. The van der Waals surface area contributed by atoms with E-state index in [-0.39, 0.29) is 17.6 Å². The Morgan fingerprint density at radius 1 is 1.19 bits per heavy atom. The Hall–Kier alpha value is -2.16. The van der Waals surface area contributed by atoms with E-state index in [0.717, 1.165) is 41.2 Å². The van der Waals surface area contributed by atoms with E-state index in [2.05, 4.69) is 11.4 Å². The molecule has 3 rings (SSSR count). The molecule has 0 atom stereocenters. The average Bonchev–Trinajstić information content (AvgIpc) is 3.30. The molecule has 0 spiro atoms. The maximum atomic E-state index is 12.3. The molecule has 0 radical (unpaired) electrons. The van der Waals surface area contributed by atoms with E-state index in [1.54, 1.807) is 0 Å². The van der Waals surface area contributed by atoms with Crippen molar-refractivity contribution in [1.29, 1.82) is 0 Å². The summed E-state index contributed by atoms with van der Waals surface area (Å²) in [6, 6.07) is 12.1. The van der Waals surface area contributed by atoms with Gasteiger partial charge in [0.1, 0.15) is 0 Å². The fourth-order valence-electron chi connectivity index (χ4n) is 2.69. The van der Waals surface area contributed by atoms with Gasteiger partial charge in [-0.3, -0.25) is 9.59 Å². The average molecular weight is 281 g/mol. The Labute approximate surface area is 124 Å². The minimum atomic E-state index is -0.0236. The highest BCUT2D eigenvalue weighted by atomic mass is 16.1. The van der Waals surface area contributed by atoms with Gasteiger partial charge in [0.05, 0.1) is 0 Å². The van der Waals surface area contributed by atoms with Crippen LogP contribution in [-0.4, -0.2) is 18.2 Å². The molecule has 0 aliphatic heterocycles. The minimum absolute atomic E-state index is 0.0236. The van der Waals surface area contributed by atoms with Crippen LogP contribution >= 0.6 is 0 Å². The summed E-state index contributed by atoms with van der Waals surface area (Å²) >= 11 is 0. The zero-order valence-electron chi connectivity index (χ0n) is 12.2. The Morgan fingerprint density at radius 2 is 1.95 bits per heavy atom. The summed E-state index contributed by atoms with van der Waals surface area (Å²) in [5.74, 6) is 0.473. The third kappa shape index (κ3) is 3.13. The van der Waals surface area contributed by atoms with Gasteiger partial charge in [0, 0.05) is 24.9 Å². The molecule has 3 heteroatoms. The second kappa shape index (κ2) is 5.68. The molecule has 1 saturated carbocycles. The first-order valence-corrected chi connectivity index (χ1v) is 7.45. The van der Waals surface area contributed by atoms with E-state index in [4.69, 9.17) is 0 Å². The van der Waals surface area contributed by atoms with E-state index in [1.165, 1.54) is 6.92 Å². The Bertz CT molecular complexity index is 701. The first-order valence-electron chi connectivity index (χ1n) is 7.45. The largest absolute Gasteiger partial charge is 0.356 e. The SMILES string of the molecule is CC(=O)NCCc1cc(C(=O)C2CC2)cc2ccccc12. The summed E-state index contributed by atoms with van der Waals surface area (Å²) < 4.78 is 0. The van der Waals surface area contributed by atoms with E-state index in [0.29, 0.717) is 6.54 Å². The number of carbonyl (C=O) groups is 2. The zero-order chi connectivity index (χ0) is 14.8. The molecule has 108 valence electrons. The summed E-state index contributed by atoms with van der Waals surface area (Å²) in [4.78, 5) is 23.3. The van der Waals surface area contributed by atoms with Crippen LogP contribution in [-0.2, 0) is 11.2 Å². The molecule has 0 aromatic heterocycles. The summed E-state index contributed by atoms with van der Waals surface area (Å²) in [7, 11) is 0. The number of nitrogens with one attached hydrogen (secondary N) is 1. The highest BCUT2D eigenvalue weighted by molar-refractivity contribution is 6.03. The third-order valence-corrected chi connectivity index (χ3v) is 3.95. The molecule has 1 aliphatic rings. The highest BCUT2D eigenvalue weighted by Crippen LogP contribution is 2.34. The van der Waals surface area contributed by atoms with Crippen LogP contribution in [0.3, 0.4) is 0 Å². The van der Waals surface area contributed by atoms with Crippen molar-refractivity contribution in [2.75, 3.05) is 6.54 Å². The topological polar surface area (TPSA) is 46.2 Å². The maximum absolute atomic E-state index is 12.3. The number of fused-ring (bicyclic) bond motifs is 1.